The van der Waals surface area contributed by atoms with Gasteiger partial charge in [-0.3, -0.25) is 0 Å². The van der Waals surface area contributed by atoms with Crippen molar-refractivity contribution in [2.45, 2.75) is 4.21 Å². The Kier molecular flexibility index (Phi) is 4.49. The van der Waals surface area contributed by atoms with E-state index in [9.17, 15) is 8.42 Å². The molecule has 0 unspecified atom stereocenters. The summed E-state index contributed by atoms with van der Waals surface area (Å²) in [5.74, 6) is 0.590. The summed E-state index contributed by atoms with van der Waals surface area (Å²) in [6.45, 7) is 0. The van der Waals surface area contributed by atoms with E-state index in [1.54, 1.807) is 26.2 Å². The van der Waals surface area contributed by atoms with E-state index in [4.69, 9.17) is 10.5 Å². The van der Waals surface area contributed by atoms with Crippen LogP contribution in [0.2, 0.25) is 0 Å². The van der Waals surface area contributed by atoms with Gasteiger partial charge in [0.15, 0.2) is 0 Å². The van der Waals surface area contributed by atoms with Gasteiger partial charge in [0, 0.05) is 14.1 Å². The summed E-state index contributed by atoms with van der Waals surface area (Å²) in [4.78, 5) is 1.54. The normalized spacial score (nSPS) is 11.7. The highest BCUT2D eigenvalue weighted by molar-refractivity contribution is 7.92. The van der Waals surface area contributed by atoms with Crippen molar-refractivity contribution < 1.29 is 13.2 Å². The van der Waals surface area contributed by atoms with Gasteiger partial charge in [-0.05, 0) is 18.2 Å². The summed E-state index contributed by atoms with van der Waals surface area (Å²) in [5, 5.41) is 0.333. The number of hydrogen-bond acceptors (Lipinski definition) is 5. The number of nitrogens with two attached hydrogens (primary N) is 1. The maximum atomic E-state index is 12.0. The highest BCUT2D eigenvalue weighted by Crippen LogP contribution is 2.39. The number of thiophene rings is 1. The van der Waals surface area contributed by atoms with Crippen LogP contribution >= 0.6 is 11.3 Å². The van der Waals surface area contributed by atoms with Crippen molar-refractivity contribution in [3.8, 4) is 10.8 Å². The van der Waals surface area contributed by atoms with E-state index in [1.165, 1.54) is 17.3 Å². The molecule has 0 fully saturated rings. The maximum absolute atomic E-state index is 12.0. The first-order chi connectivity index (χ1) is 9.88. The smallest absolute Gasteiger partial charge is 0.293 e. The SMILES string of the molecule is CN(C)/C=N\S(=O)(=O)c1cc(N)c(Oc2ccccc2)s1. The molecule has 0 aliphatic carbocycles. The van der Waals surface area contributed by atoms with Gasteiger partial charge in [0.2, 0.25) is 5.06 Å². The van der Waals surface area contributed by atoms with Crippen LogP contribution < -0.4 is 10.5 Å². The number of rotatable bonds is 5. The molecule has 0 amide bonds. The molecule has 6 nitrogen and oxygen atoms in total. The molecule has 1 heterocycles. The number of para-hydroxylation sites is 1. The molecular weight excluding hydrogens is 310 g/mol. The molecule has 0 bridgehead atoms. The lowest BCUT2D eigenvalue weighted by Crippen LogP contribution is -2.09. The van der Waals surface area contributed by atoms with E-state index in [1.807, 2.05) is 18.2 Å². The van der Waals surface area contributed by atoms with E-state index in [2.05, 4.69) is 4.40 Å². The van der Waals surface area contributed by atoms with Crippen LogP contribution in [-0.4, -0.2) is 33.8 Å². The number of nitrogens with zero attached hydrogens (tertiary/aromatic N) is 2. The Morgan fingerprint density at radius 3 is 2.57 bits per heavy atom. The molecule has 2 rings (SSSR count). The molecule has 2 aromatic rings. The van der Waals surface area contributed by atoms with Crippen LogP contribution in [0, 0.1) is 0 Å². The zero-order chi connectivity index (χ0) is 15.5. The Balaban J connectivity index is 2.27. The van der Waals surface area contributed by atoms with Crippen LogP contribution in [0.25, 0.3) is 0 Å². The fourth-order valence-corrected chi connectivity index (χ4v) is 3.53. The summed E-state index contributed by atoms with van der Waals surface area (Å²) in [5.41, 5.74) is 6.07. The van der Waals surface area contributed by atoms with Gasteiger partial charge < -0.3 is 15.4 Å². The van der Waals surface area contributed by atoms with Gasteiger partial charge >= 0.3 is 0 Å². The zero-order valence-electron chi connectivity index (χ0n) is 11.6. The quantitative estimate of drug-likeness (QED) is 0.674. The van der Waals surface area contributed by atoms with E-state index in [0.29, 0.717) is 10.8 Å². The number of benzene rings is 1. The lowest BCUT2D eigenvalue weighted by atomic mass is 10.3. The number of nitrogen functional groups attached to an aromatic ring is 1. The fourth-order valence-electron chi connectivity index (χ4n) is 1.38. The molecule has 1 aromatic carbocycles. The summed E-state index contributed by atoms with van der Waals surface area (Å²) >= 11 is 0.945. The standard InChI is InChI=1S/C13H15N3O3S2/c1-16(2)9-15-21(17,18)12-8-11(14)13(20-12)19-10-6-4-3-5-7-10/h3-9H,14H2,1-2H3/b15-9-. The number of anilines is 1. The number of ether oxygens (including phenoxy) is 1. The molecule has 0 aliphatic heterocycles. The third kappa shape index (κ3) is 3.96. The molecular formula is C13H15N3O3S2. The topological polar surface area (TPSA) is 85.0 Å². The summed E-state index contributed by atoms with van der Waals surface area (Å²) in [7, 11) is -0.390. The molecule has 8 heteroatoms. The van der Waals surface area contributed by atoms with Gasteiger partial charge in [-0.1, -0.05) is 29.5 Å². The van der Waals surface area contributed by atoms with Crippen molar-refractivity contribution in [2.24, 2.45) is 4.40 Å². The van der Waals surface area contributed by atoms with E-state index >= 15 is 0 Å². The Labute approximate surface area is 127 Å². The zero-order valence-corrected chi connectivity index (χ0v) is 13.2. The Morgan fingerprint density at radius 2 is 1.95 bits per heavy atom. The minimum Gasteiger partial charge on any atom is -0.444 e. The van der Waals surface area contributed by atoms with Gasteiger partial charge in [-0.2, -0.15) is 8.42 Å². The fraction of sp³-hybridized carbons (Fsp3) is 0.154. The molecule has 0 atom stereocenters. The van der Waals surface area contributed by atoms with Crippen LogP contribution in [-0.2, 0) is 10.0 Å². The molecule has 0 radical (unpaired) electrons. The third-order valence-electron chi connectivity index (χ3n) is 2.33. The van der Waals surface area contributed by atoms with Gasteiger partial charge in [-0.15, -0.1) is 4.40 Å². The van der Waals surface area contributed by atoms with Gasteiger partial charge in [-0.25, -0.2) is 0 Å². The molecule has 21 heavy (non-hydrogen) atoms. The van der Waals surface area contributed by atoms with Crippen LogP contribution in [0.3, 0.4) is 0 Å². The average molecular weight is 325 g/mol. The van der Waals surface area contributed by atoms with Crippen molar-refractivity contribution in [1.82, 2.24) is 4.90 Å². The first-order valence-electron chi connectivity index (χ1n) is 5.97. The summed E-state index contributed by atoms with van der Waals surface area (Å²) in [6, 6.07) is 10.4. The number of sulfonamides is 1. The second-order valence-electron chi connectivity index (χ2n) is 4.38. The van der Waals surface area contributed by atoms with Crippen LogP contribution in [0.5, 0.6) is 10.8 Å². The Morgan fingerprint density at radius 1 is 1.29 bits per heavy atom. The predicted molar refractivity (Wildman–Crippen MR) is 84.6 cm³/mol. The highest BCUT2D eigenvalue weighted by atomic mass is 32.2. The molecule has 0 saturated heterocycles. The van der Waals surface area contributed by atoms with Crippen LogP contribution in [0.4, 0.5) is 5.69 Å². The third-order valence-corrected chi connectivity index (χ3v) is 5.03. The summed E-state index contributed by atoms with van der Waals surface area (Å²) in [6.07, 6.45) is 1.23. The second kappa shape index (κ2) is 6.15. The molecule has 0 aliphatic rings. The predicted octanol–water partition coefficient (Wildman–Crippen LogP) is 2.40. The lowest BCUT2D eigenvalue weighted by Gasteiger charge is -2.03. The van der Waals surface area contributed by atoms with E-state index in [-0.39, 0.29) is 9.90 Å². The summed E-state index contributed by atoms with van der Waals surface area (Å²) < 4.78 is 33.2. The first kappa shape index (κ1) is 15.3. The van der Waals surface area contributed by atoms with Crippen molar-refractivity contribution in [3.63, 3.8) is 0 Å². The van der Waals surface area contributed by atoms with Gasteiger partial charge in [0.05, 0.1) is 5.69 Å². The van der Waals surface area contributed by atoms with Crippen LogP contribution in [0.15, 0.2) is 45.0 Å². The first-order valence-corrected chi connectivity index (χ1v) is 8.23. The molecule has 2 N–H and O–H groups in total. The molecule has 1 aromatic heterocycles. The second-order valence-corrected chi connectivity index (χ2v) is 7.26. The monoisotopic (exact) mass is 325 g/mol. The maximum Gasteiger partial charge on any atom is 0.293 e. The Hall–Kier alpha value is -2.06. The van der Waals surface area contributed by atoms with Gasteiger partial charge in [0.25, 0.3) is 10.0 Å². The largest absolute Gasteiger partial charge is 0.444 e. The van der Waals surface area contributed by atoms with E-state index < -0.39 is 10.0 Å². The van der Waals surface area contributed by atoms with Crippen molar-refractivity contribution in [2.75, 3.05) is 19.8 Å². The van der Waals surface area contributed by atoms with Crippen molar-refractivity contribution >= 4 is 33.4 Å². The van der Waals surface area contributed by atoms with E-state index in [0.717, 1.165) is 11.3 Å². The molecule has 0 saturated carbocycles. The van der Waals surface area contributed by atoms with Crippen LogP contribution in [0.1, 0.15) is 0 Å². The lowest BCUT2D eigenvalue weighted by molar-refractivity contribution is 0.499. The van der Waals surface area contributed by atoms with Gasteiger partial charge in [0.1, 0.15) is 16.3 Å². The minimum absolute atomic E-state index is 0.0454. The molecule has 0 spiro atoms. The number of hydrogen-bond donors (Lipinski definition) is 1. The Bertz CT molecular complexity index is 737. The minimum atomic E-state index is -3.76. The molecule has 112 valence electrons. The average Bonchev–Trinajstić information content (AvgIpc) is 2.80. The highest BCUT2D eigenvalue weighted by Gasteiger charge is 2.19. The van der Waals surface area contributed by atoms with Crippen molar-refractivity contribution in [3.05, 3.63) is 36.4 Å². The van der Waals surface area contributed by atoms with Crippen molar-refractivity contribution in [1.29, 1.82) is 0 Å².